The Morgan fingerprint density at radius 2 is 1.93 bits per heavy atom. The Kier molecular flexibility index (Phi) is 1.65. The van der Waals surface area contributed by atoms with Gasteiger partial charge in [-0.1, -0.05) is 0 Å². The Balaban J connectivity index is 2.71. The number of fused-ring (bicyclic) bond motifs is 1. The number of rotatable bonds is 1. The van der Waals surface area contributed by atoms with Crippen LogP contribution in [0.1, 0.15) is 31.5 Å². The molecule has 0 fully saturated rings. The molecule has 4 N–H and O–H groups in total. The molecule has 1 aliphatic heterocycles. The number of carbonyl (C=O) groups excluding carboxylic acids is 2. The number of nitrogens with zero attached hydrogens (tertiary/aromatic N) is 2. The number of hydrogen-bond acceptors (Lipinski definition) is 6. The normalized spacial score (nSPS) is 13.6. The average Bonchev–Trinajstić information content (AvgIpc) is 2.42. The van der Waals surface area contributed by atoms with Crippen LogP contribution in [0.2, 0.25) is 0 Å². The Bertz CT molecular complexity index is 510. The minimum Gasteiger partial charge on any atom is -0.475 e. The first-order valence-electron chi connectivity index (χ1n) is 3.77. The molecule has 1 aromatic rings. The van der Waals surface area contributed by atoms with Crippen molar-refractivity contribution in [1.82, 2.24) is 15.3 Å². The number of amides is 2. The summed E-state index contributed by atoms with van der Waals surface area (Å²) in [7, 11) is 0. The van der Waals surface area contributed by atoms with E-state index >= 15 is 0 Å². The van der Waals surface area contributed by atoms with Crippen molar-refractivity contribution in [3.8, 4) is 0 Å². The summed E-state index contributed by atoms with van der Waals surface area (Å²) in [6.45, 7) is 0. The van der Waals surface area contributed by atoms with Gasteiger partial charge in [-0.15, -0.1) is 0 Å². The number of aromatic carboxylic acids is 1. The van der Waals surface area contributed by atoms with E-state index < -0.39 is 23.6 Å². The first-order valence-corrected chi connectivity index (χ1v) is 3.77. The van der Waals surface area contributed by atoms with Crippen LogP contribution in [-0.4, -0.2) is 32.9 Å². The highest BCUT2D eigenvalue weighted by Gasteiger charge is 2.33. The summed E-state index contributed by atoms with van der Waals surface area (Å²) in [5.41, 5.74) is 4.86. The Hall–Kier alpha value is -2.51. The molecule has 0 saturated carbocycles. The summed E-state index contributed by atoms with van der Waals surface area (Å²) in [5, 5.41) is 10.5. The summed E-state index contributed by atoms with van der Waals surface area (Å²) < 4.78 is 0. The molecule has 0 spiro atoms. The van der Waals surface area contributed by atoms with Gasteiger partial charge in [0.1, 0.15) is 17.1 Å². The lowest BCUT2D eigenvalue weighted by atomic mass is 10.2. The van der Waals surface area contributed by atoms with E-state index in [0.29, 0.717) is 0 Å². The van der Waals surface area contributed by atoms with Gasteiger partial charge in [-0.3, -0.25) is 14.9 Å². The molecule has 1 aromatic heterocycles. The second kappa shape index (κ2) is 2.74. The van der Waals surface area contributed by atoms with Crippen molar-refractivity contribution >= 4 is 23.6 Å². The highest BCUT2D eigenvalue weighted by Crippen LogP contribution is 2.18. The third kappa shape index (κ3) is 1.19. The minimum absolute atomic E-state index is 0.176. The second-order valence-corrected chi connectivity index (χ2v) is 2.74. The molecule has 2 rings (SSSR count). The van der Waals surface area contributed by atoms with E-state index in [4.69, 9.17) is 10.8 Å². The Morgan fingerprint density at radius 1 is 1.27 bits per heavy atom. The lowest BCUT2D eigenvalue weighted by Gasteiger charge is -1.99. The molecule has 0 atom stereocenters. The van der Waals surface area contributed by atoms with Crippen molar-refractivity contribution in [3.63, 3.8) is 0 Å². The molecule has 0 unspecified atom stereocenters. The standard InChI is InChI=1S/C7H4N4O4/c8-3-1-2(6(13)11-5(1)12)9-4(10-3)7(14)15/h(H,14,15)(H2,8,9,10)(H,11,12,13). The molecule has 0 aliphatic carbocycles. The van der Waals surface area contributed by atoms with Crippen molar-refractivity contribution in [2.24, 2.45) is 0 Å². The van der Waals surface area contributed by atoms with Crippen molar-refractivity contribution in [3.05, 3.63) is 17.1 Å². The van der Waals surface area contributed by atoms with Crippen LogP contribution in [0.15, 0.2) is 0 Å². The predicted molar refractivity (Wildman–Crippen MR) is 45.2 cm³/mol. The van der Waals surface area contributed by atoms with Gasteiger partial charge in [-0.2, -0.15) is 0 Å². The number of nitrogen functional groups attached to an aromatic ring is 1. The molecule has 1 aliphatic rings. The molecule has 8 heteroatoms. The van der Waals surface area contributed by atoms with Crippen molar-refractivity contribution in [2.75, 3.05) is 5.73 Å². The number of carboxylic acids is 1. The molecular weight excluding hydrogens is 204 g/mol. The molecular formula is C7H4N4O4. The van der Waals surface area contributed by atoms with E-state index in [1.54, 1.807) is 0 Å². The SMILES string of the molecule is Nc1nc(C(=O)O)nc2c1C(=O)NC2=O. The highest BCUT2D eigenvalue weighted by molar-refractivity contribution is 6.22. The molecule has 76 valence electrons. The van der Waals surface area contributed by atoms with Crippen molar-refractivity contribution in [2.45, 2.75) is 0 Å². The maximum atomic E-state index is 11.1. The third-order valence-corrected chi connectivity index (χ3v) is 1.80. The molecule has 15 heavy (non-hydrogen) atoms. The molecule has 8 nitrogen and oxygen atoms in total. The predicted octanol–water partition coefficient (Wildman–Crippen LogP) is -1.36. The van der Waals surface area contributed by atoms with Gasteiger partial charge in [0.05, 0.1) is 0 Å². The van der Waals surface area contributed by atoms with Gasteiger partial charge in [-0.25, -0.2) is 14.8 Å². The molecule has 0 bridgehead atoms. The van der Waals surface area contributed by atoms with Gasteiger partial charge < -0.3 is 10.8 Å². The average molecular weight is 208 g/mol. The lowest BCUT2D eigenvalue weighted by molar-refractivity contribution is 0.0683. The lowest BCUT2D eigenvalue weighted by Crippen LogP contribution is -2.20. The molecule has 2 heterocycles. The first-order chi connectivity index (χ1) is 7.00. The monoisotopic (exact) mass is 208 g/mol. The number of imide groups is 1. The van der Waals surface area contributed by atoms with Gasteiger partial charge in [0.2, 0.25) is 5.82 Å². The van der Waals surface area contributed by atoms with E-state index in [1.807, 2.05) is 5.32 Å². The summed E-state index contributed by atoms with van der Waals surface area (Å²) in [5.74, 6) is -3.84. The van der Waals surface area contributed by atoms with Crippen LogP contribution in [0, 0.1) is 0 Å². The van der Waals surface area contributed by atoms with E-state index in [1.165, 1.54) is 0 Å². The van der Waals surface area contributed by atoms with Gasteiger partial charge >= 0.3 is 5.97 Å². The topological polar surface area (TPSA) is 135 Å². The van der Waals surface area contributed by atoms with Gasteiger partial charge in [-0.05, 0) is 0 Å². The Labute approximate surface area is 82.1 Å². The van der Waals surface area contributed by atoms with Gasteiger partial charge in [0.15, 0.2) is 0 Å². The van der Waals surface area contributed by atoms with Gasteiger partial charge in [0, 0.05) is 0 Å². The zero-order chi connectivity index (χ0) is 11.2. The quantitative estimate of drug-likeness (QED) is 0.485. The fourth-order valence-corrected chi connectivity index (χ4v) is 1.19. The van der Waals surface area contributed by atoms with Crippen LogP contribution < -0.4 is 11.1 Å². The van der Waals surface area contributed by atoms with Gasteiger partial charge in [0.25, 0.3) is 11.8 Å². The summed E-state index contributed by atoms with van der Waals surface area (Å²) in [4.78, 5) is 39.6. The summed E-state index contributed by atoms with van der Waals surface area (Å²) in [6, 6.07) is 0. The molecule has 0 aromatic carbocycles. The Morgan fingerprint density at radius 3 is 2.53 bits per heavy atom. The third-order valence-electron chi connectivity index (χ3n) is 1.80. The maximum Gasteiger partial charge on any atom is 0.374 e. The van der Waals surface area contributed by atoms with Crippen LogP contribution in [0.4, 0.5) is 5.82 Å². The van der Waals surface area contributed by atoms with Crippen LogP contribution in [0.25, 0.3) is 0 Å². The van der Waals surface area contributed by atoms with Crippen LogP contribution in [0.3, 0.4) is 0 Å². The smallest absolute Gasteiger partial charge is 0.374 e. The van der Waals surface area contributed by atoms with E-state index in [9.17, 15) is 14.4 Å². The highest BCUT2D eigenvalue weighted by atomic mass is 16.4. The zero-order valence-electron chi connectivity index (χ0n) is 7.14. The second-order valence-electron chi connectivity index (χ2n) is 2.74. The van der Waals surface area contributed by atoms with Crippen molar-refractivity contribution in [1.29, 1.82) is 0 Å². The largest absolute Gasteiger partial charge is 0.475 e. The number of aromatic nitrogens is 2. The van der Waals surface area contributed by atoms with E-state index in [-0.39, 0.29) is 17.1 Å². The fourth-order valence-electron chi connectivity index (χ4n) is 1.19. The van der Waals surface area contributed by atoms with Crippen LogP contribution >= 0.6 is 0 Å². The first kappa shape index (κ1) is 9.06. The number of anilines is 1. The number of nitrogens with two attached hydrogens (primary N) is 1. The van der Waals surface area contributed by atoms with Crippen LogP contribution in [0.5, 0.6) is 0 Å². The number of carbonyl (C=O) groups is 3. The number of nitrogens with one attached hydrogen (secondary N) is 1. The van der Waals surface area contributed by atoms with E-state index in [0.717, 1.165) is 0 Å². The summed E-state index contributed by atoms with van der Waals surface area (Å²) >= 11 is 0. The maximum absolute atomic E-state index is 11.1. The molecule has 0 saturated heterocycles. The zero-order valence-corrected chi connectivity index (χ0v) is 7.14. The van der Waals surface area contributed by atoms with Crippen molar-refractivity contribution < 1.29 is 19.5 Å². The van der Waals surface area contributed by atoms with Crippen LogP contribution in [-0.2, 0) is 0 Å². The molecule has 0 radical (unpaired) electrons. The summed E-state index contributed by atoms with van der Waals surface area (Å²) in [6.07, 6.45) is 0. The minimum atomic E-state index is -1.42. The van der Waals surface area contributed by atoms with E-state index in [2.05, 4.69) is 9.97 Å². The number of carboxylic acid groups (broad SMARTS) is 1. The number of hydrogen-bond donors (Lipinski definition) is 3. The fraction of sp³-hybridized carbons (Fsp3) is 0. The molecule has 2 amide bonds.